The van der Waals surface area contributed by atoms with Gasteiger partial charge in [-0.15, -0.1) is 0 Å². The first-order chi connectivity index (χ1) is 7.69. The average Bonchev–Trinajstić information content (AvgIpc) is 2.74. The minimum atomic E-state index is 0.139. The van der Waals surface area contributed by atoms with Gasteiger partial charge in [-0.1, -0.05) is 13.3 Å². The second-order valence-corrected chi connectivity index (χ2v) is 4.84. The summed E-state index contributed by atoms with van der Waals surface area (Å²) in [7, 11) is 1.68. The third-order valence-electron chi connectivity index (χ3n) is 3.37. The Morgan fingerprint density at radius 2 is 2.31 bits per heavy atom. The molecule has 0 bridgehead atoms. The largest absolute Gasteiger partial charge is 0.384 e. The number of ether oxygens (including phenoxy) is 1. The highest BCUT2D eigenvalue weighted by Crippen LogP contribution is 2.30. The molecule has 0 aromatic carbocycles. The smallest absolute Gasteiger partial charge is 0.223 e. The fourth-order valence-electron chi connectivity index (χ4n) is 2.41. The van der Waals surface area contributed by atoms with E-state index in [1.165, 1.54) is 0 Å². The van der Waals surface area contributed by atoms with E-state index in [1.54, 1.807) is 7.11 Å². The van der Waals surface area contributed by atoms with Gasteiger partial charge in [0, 0.05) is 19.6 Å². The molecule has 0 aliphatic heterocycles. The second kappa shape index (κ2) is 6.86. The van der Waals surface area contributed by atoms with Crippen molar-refractivity contribution in [3.63, 3.8) is 0 Å². The lowest BCUT2D eigenvalue weighted by atomic mass is 9.95. The van der Waals surface area contributed by atoms with Gasteiger partial charge in [0.1, 0.15) is 0 Å². The maximum atomic E-state index is 11.9. The van der Waals surface area contributed by atoms with Crippen LogP contribution >= 0.6 is 0 Å². The zero-order valence-corrected chi connectivity index (χ0v) is 10.4. The van der Waals surface area contributed by atoms with E-state index in [2.05, 4.69) is 12.2 Å². The minimum Gasteiger partial charge on any atom is -0.384 e. The third-order valence-corrected chi connectivity index (χ3v) is 3.37. The summed E-state index contributed by atoms with van der Waals surface area (Å²) in [6.07, 6.45) is 3.22. The van der Waals surface area contributed by atoms with Crippen molar-refractivity contribution in [2.75, 3.05) is 26.8 Å². The van der Waals surface area contributed by atoms with Crippen LogP contribution in [-0.4, -0.2) is 32.7 Å². The Balaban J connectivity index is 2.29. The van der Waals surface area contributed by atoms with E-state index >= 15 is 0 Å². The molecule has 0 aromatic heterocycles. The predicted octanol–water partition coefficient (Wildman–Crippen LogP) is 0.760. The van der Waals surface area contributed by atoms with Crippen molar-refractivity contribution in [3.8, 4) is 0 Å². The number of hydrogen-bond acceptors (Lipinski definition) is 3. The van der Waals surface area contributed by atoms with E-state index < -0.39 is 0 Å². The molecular weight excluding hydrogens is 204 g/mol. The van der Waals surface area contributed by atoms with Crippen LogP contribution in [0.1, 0.15) is 26.2 Å². The molecule has 0 radical (unpaired) electrons. The Kier molecular flexibility index (Phi) is 5.77. The topological polar surface area (TPSA) is 64.3 Å². The number of nitrogens with one attached hydrogen (secondary N) is 1. The maximum Gasteiger partial charge on any atom is 0.223 e. The summed E-state index contributed by atoms with van der Waals surface area (Å²) in [4.78, 5) is 11.9. The monoisotopic (exact) mass is 228 g/mol. The van der Waals surface area contributed by atoms with Gasteiger partial charge < -0.3 is 15.8 Å². The van der Waals surface area contributed by atoms with Gasteiger partial charge in [0.05, 0.1) is 6.61 Å². The van der Waals surface area contributed by atoms with Gasteiger partial charge >= 0.3 is 0 Å². The van der Waals surface area contributed by atoms with Crippen molar-refractivity contribution >= 4 is 5.91 Å². The standard InChI is InChI=1S/C12H24N2O2/c1-9(8-16-2)7-14-12(15)11-5-3-4-10(11)6-13/h9-11H,3-8,13H2,1-2H3,(H,14,15). The van der Waals surface area contributed by atoms with Crippen LogP contribution in [-0.2, 0) is 9.53 Å². The van der Waals surface area contributed by atoms with Crippen LogP contribution in [0.25, 0.3) is 0 Å². The first-order valence-electron chi connectivity index (χ1n) is 6.15. The SMILES string of the molecule is COCC(C)CNC(=O)C1CCCC1CN. The molecule has 0 spiro atoms. The highest BCUT2D eigenvalue weighted by atomic mass is 16.5. The molecule has 4 nitrogen and oxygen atoms in total. The molecule has 1 aliphatic rings. The first kappa shape index (κ1) is 13.5. The summed E-state index contributed by atoms with van der Waals surface area (Å²) in [6.45, 7) is 4.08. The van der Waals surface area contributed by atoms with Gasteiger partial charge in [0.2, 0.25) is 5.91 Å². The van der Waals surface area contributed by atoms with E-state index in [4.69, 9.17) is 10.5 Å². The molecule has 1 fully saturated rings. The van der Waals surface area contributed by atoms with Crippen LogP contribution in [0.5, 0.6) is 0 Å². The van der Waals surface area contributed by atoms with Crippen molar-refractivity contribution < 1.29 is 9.53 Å². The van der Waals surface area contributed by atoms with Crippen molar-refractivity contribution in [1.29, 1.82) is 0 Å². The van der Waals surface area contributed by atoms with E-state index in [9.17, 15) is 4.79 Å². The minimum absolute atomic E-state index is 0.139. The Bertz CT molecular complexity index is 221. The zero-order valence-electron chi connectivity index (χ0n) is 10.4. The Labute approximate surface area is 97.9 Å². The predicted molar refractivity (Wildman–Crippen MR) is 63.9 cm³/mol. The van der Waals surface area contributed by atoms with Gasteiger partial charge in [-0.05, 0) is 31.2 Å². The first-order valence-corrected chi connectivity index (χ1v) is 6.15. The number of carbonyl (C=O) groups is 1. The fraction of sp³-hybridized carbons (Fsp3) is 0.917. The number of methoxy groups -OCH3 is 1. The molecule has 1 aliphatic carbocycles. The number of nitrogens with two attached hydrogens (primary N) is 1. The van der Waals surface area contributed by atoms with Gasteiger partial charge in [0.25, 0.3) is 0 Å². The highest BCUT2D eigenvalue weighted by Gasteiger charge is 2.31. The molecule has 4 heteroatoms. The molecule has 1 saturated carbocycles. The van der Waals surface area contributed by atoms with E-state index in [1.807, 2.05) is 0 Å². The number of amides is 1. The summed E-state index contributed by atoms with van der Waals surface area (Å²) in [5, 5.41) is 3.00. The molecule has 0 heterocycles. The summed E-state index contributed by atoms with van der Waals surface area (Å²) < 4.78 is 5.03. The quantitative estimate of drug-likeness (QED) is 0.705. The van der Waals surface area contributed by atoms with Crippen LogP contribution in [0, 0.1) is 17.8 Å². The molecule has 1 amide bonds. The summed E-state index contributed by atoms with van der Waals surface area (Å²) in [6, 6.07) is 0. The number of hydrogen-bond donors (Lipinski definition) is 2. The van der Waals surface area contributed by atoms with Crippen molar-refractivity contribution in [2.24, 2.45) is 23.5 Å². The van der Waals surface area contributed by atoms with E-state index in [0.29, 0.717) is 31.5 Å². The highest BCUT2D eigenvalue weighted by molar-refractivity contribution is 5.79. The molecule has 3 unspecified atom stereocenters. The van der Waals surface area contributed by atoms with Crippen molar-refractivity contribution in [1.82, 2.24) is 5.32 Å². The molecule has 94 valence electrons. The van der Waals surface area contributed by atoms with Crippen LogP contribution in [0.2, 0.25) is 0 Å². The molecule has 0 aromatic rings. The van der Waals surface area contributed by atoms with E-state index in [0.717, 1.165) is 19.3 Å². The van der Waals surface area contributed by atoms with E-state index in [-0.39, 0.29) is 11.8 Å². The van der Waals surface area contributed by atoms with Gasteiger partial charge in [-0.3, -0.25) is 4.79 Å². The fourth-order valence-corrected chi connectivity index (χ4v) is 2.41. The lowest BCUT2D eigenvalue weighted by Crippen LogP contribution is -2.37. The Morgan fingerprint density at radius 1 is 1.56 bits per heavy atom. The van der Waals surface area contributed by atoms with Gasteiger partial charge in [-0.2, -0.15) is 0 Å². The lowest BCUT2D eigenvalue weighted by Gasteiger charge is -2.19. The summed E-state index contributed by atoms with van der Waals surface area (Å²) in [5.74, 6) is 1.07. The third kappa shape index (κ3) is 3.76. The van der Waals surface area contributed by atoms with Crippen LogP contribution < -0.4 is 11.1 Å². The number of rotatable bonds is 6. The van der Waals surface area contributed by atoms with Gasteiger partial charge in [0.15, 0.2) is 0 Å². The van der Waals surface area contributed by atoms with Crippen molar-refractivity contribution in [3.05, 3.63) is 0 Å². The Morgan fingerprint density at radius 3 is 2.94 bits per heavy atom. The maximum absolute atomic E-state index is 11.9. The molecule has 0 saturated heterocycles. The zero-order chi connectivity index (χ0) is 12.0. The van der Waals surface area contributed by atoms with Crippen LogP contribution in [0.15, 0.2) is 0 Å². The van der Waals surface area contributed by atoms with Crippen LogP contribution in [0.4, 0.5) is 0 Å². The molecule has 3 atom stereocenters. The van der Waals surface area contributed by atoms with Crippen molar-refractivity contribution in [2.45, 2.75) is 26.2 Å². The molecule has 16 heavy (non-hydrogen) atoms. The second-order valence-electron chi connectivity index (χ2n) is 4.84. The lowest BCUT2D eigenvalue weighted by molar-refractivity contribution is -0.126. The molecule has 3 N–H and O–H groups in total. The summed E-state index contributed by atoms with van der Waals surface area (Å²) >= 11 is 0. The average molecular weight is 228 g/mol. The summed E-state index contributed by atoms with van der Waals surface area (Å²) in [5.41, 5.74) is 5.67. The van der Waals surface area contributed by atoms with Crippen LogP contribution in [0.3, 0.4) is 0 Å². The molecular formula is C12H24N2O2. The normalized spacial score (nSPS) is 26.7. The molecule has 1 rings (SSSR count). The van der Waals surface area contributed by atoms with Gasteiger partial charge in [-0.25, -0.2) is 0 Å². The number of carbonyl (C=O) groups excluding carboxylic acids is 1. The Hall–Kier alpha value is -0.610.